The number of hydrogen-bond acceptors (Lipinski definition) is 2. The Hall–Kier alpha value is -1.96. The van der Waals surface area contributed by atoms with Crippen molar-refractivity contribution in [3.63, 3.8) is 0 Å². The summed E-state index contributed by atoms with van der Waals surface area (Å²) in [6, 6.07) is 15.9. The van der Waals surface area contributed by atoms with Gasteiger partial charge in [0, 0.05) is 12.2 Å². The Balaban J connectivity index is 2.38. The molecule has 0 atom stereocenters. The van der Waals surface area contributed by atoms with E-state index in [-0.39, 0.29) is 0 Å². The summed E-state index contributed by atoms with van der Waals surface area (Å²) in [7, 11) is 0. The first-order valence-corrected chi connectivity index (χ1v) is 6.84. The van der Waals surface area contributed by atoms with Crippen LogP contribution >= 0.6 is 0 Å². The molecule has 2 aromatic rings. The van der Waals surface area contributed by atoms with Gasteiger partial charge in [-0.05, 0) is 43.2 Å². The Morgan fingerprint density at radius 3 is 2.53 bits per heavy atom. The van der Waals surface area contributed by atoms with Crippen LogP contribution < -0.4 is 4.90 Å². The maximum Gasteiger partial charge on any atom is 0.139 e. The molecule has 19 heavy (non-hydrogen) atoms. The number of anilines is 2. The van der Waals surface area contributed by atoms with Crippen LogP contribution in [0.25, 0.3) is 0 Å². The first-order valence-electron chi connectivity index (χ1n) is 6.84. The second kappa shape index (κ2) is 6.28. The summed E-state index contributed by atoms with van der Waals surface area (Å²) in [5.41, 5.74) is 3.24. The summed E-state index contributed by atoms with van der Waals surface area (Å²) in [5.74, 6) is 0.333. The van der Waals surface area contributed by atoms with Crippen LogP contribution in [0.15, 0.2) is 48.5 Å². The summed E-state index contributed by atoms with van der Waals surface area (Å²) in [6.45, 7) is 5.18. The predicted octanol–water partition coefficient (Wildman–Crippen LogP) is 4.64. The zero-order chi connectivity index (χ0) is 13.7. The highest BCUT2D eigenvalue weighted by molar-refractivity contribution is 5.69. The number of aryl methyl sites for hydroxylation is 1. The van der Waals surface area contributed by atoms with Gasteiger partial charge in [0.25, 0.3) is 0 Å². The lowest BCUT2D eigenvalue weighted by Crippen LogP contribution is -2.18. The molecule has 0 saturated heterocycles. The van der Waals surface area contributed by atoms with Gasteiger partial charge in [-0.1, -0.05) is 37.6 Å². The van der Waals surface area contributed by atoms with Gasteiger partial charge in [0.1, 0.15) is 5.75 Å². The molecule has 0 aliphatic rings. The van der Waals surface area contributed by atoms with Crippen LogP contribution in [-0.2, 0) is 0 Å². The van der Waals surface area contributed by atoms with E-state index in [9.17, 15) is 5.11 Å². The third-order valence-corrected chi connectivity index (χ3v) is 3.22. The highest BCUT2D eigenvalue weighted by atomic mass is 16.3. The average molecular weight is 255 g/mol. The number of hydrogen-bond donors (Lipinski definition) is 1. The number of benzene rings is 2. The SMILES string of the molecule is CCCCN(c1cccc(C)c1)c1ccccc1O. The van der Waals surface area contributed by atoms with Crippen molar-refractivity contribution in [3.05, 3.63) is 54.1 Å². The van der Waals surface area contributed by atoms with Gasteiger partial charge in [0.15, 0.2) is 0 Å². The molecule has 0 aromatic heterocycles. The quantitative estimate of drug-likeness (QED) is 0.841. The second-order valence-corrected chi connectivity index (χ2v) is 4.83. The fourth-order valence-corrected chi connectivity index (χ4v) is 2.19. The molecule has 0 amide bonds. The lowest BCUT2D eigenvalue weighted by atomic mass is 10.1. The highest BCUT2D eigenvalue weighted by Crippen LogP contribution is 2.33. The van der Waals surface area contributed by atoms with Gasteiger partial charge in [0.2, 0.25) is 0 Å². The minimum absolute atomic E-state index is 0.333. The predicted molar refractivity (Wildman–Crippen MR) is 81.2 cm³/mol. The van der Waals surface area contributed by atoms with Crippen molar-refractivity contribution in [1.82, 2.24) is 0 Å². The molecule has 100 valence electrons. The molecular weight excluding hydrogens is 234 g/mol. The Kier molecular flexibility index (Phi) is 4.45. The van der Waals surface area contributed by atoms with E-state index in [2.05, 4.69) is 43.0 Å². The molecule has 2 aromatic carbocycles. The molecule has 2 rings (SSSR count). The molecule has 0 aliphatic heterocycles. The number of nitrogens with zero attached hydrogens (tertiary/aromatic N) is 1. The van der Waals surface area contributed by atoms with E-state index >= 15 is 0 Å². The summed E-state index contributed by atoms with van der Waals surface area (Å²) >= 11 is 0. The lowest BCUT2D eigenvalue weighted by Gasteiger charge is -2.26. The van der Waals surface area contributed by atoms with Gasteiger partial charge in [-0.3, -0.25) is 0 Å². The maximum absolute atomic E-state index is 10.1. The van der Waals surface area contributed by atoms with Crippen LogP contribution in [-0.4, -0.2) is 11.7 Å². The summed E-state index contributed by atoms with van der Waals surface area (Å²) in [4.78, 5) is 2.19. The minimum Gasteiger partial charge on any atom is -0.506 e. The first-order chi connectivity index (χ1) is 9.22. The fraction of sp³-hybridized carbons (Fsp3) is 0.294. The molecule has 2 heteroatoms. The Morgan fingerprint density at radius 1 is 1.05 bits per heavy atom. The van der Waals surface area contributed by atoms with Crippen molar-refractivity contribution < 1.29 is 5.11 Å². The van der Waals surface area contributed by atoms with E-state index in [4.69, 9.17) is 0 Å². The highest BCUT2D eigenvalue weighted by Gasteiger charge is 2.12. The van der Waals surface area contributed by atoms with Gasteiger partial charge in [-0.2, -0.15) is 0 Å². The van der Waals surface area contributed by atoms with E-state index in [0.29, 0.717) is 5.75 Å². The first kappa shape index (κ1) is 13.5. The van der Waals surface area contributed by atoms with Crippen LogP contribution in [0, 0.1) is 6.92 Å². The van der Waals surface area contributed by atoms with Crippen molar-refractivity contribution >= 4 is 11.4 Å². The third kappa shape index (κ3) is 3.28. The van der Waals surface area contributed by atoms with Gasteiger partial charge >= 0.3 is 0 Å². The van der Waals surface area contributed by atoms with Crippen LogP contribution in [0.3, 0.4) is 0 Å². The van der Waals surface area contributed by atoms with Crippen LogP contribution in [0.5, 0.6) is 5.75 Å². The second-order valence-electron chi connectivity index (χ2n) is 4.83. The molecule has 0 heterocycles. The van der Waals surface area contributed by atoms with E-state index in [1.807, 2.05) is 18.2 Å². The smallest absolute Gasteiger partial charge is 0.139 e. The summed E-state index contributed by atoms with van der Waals surface area (Å²) < 4.78 is 0. The number of phenols is 1. The van der Waals surface area contributed by atoms with Crippen LogP contribution in [0.2, 0.25) is 0 Å². The van der Waals surface area contributed by atoms with Crippen molar-refractivity contribution in [2.24, 2.45) is 0 Å². The number of para-hydroxylation sites is 2. The molecule has 0 radical (unpaired) electrons. The zero-order valence-corrected chi connectivity index (χ0v) is 11.6. The van der Waals surface area contributed by atoms with E-state index in [1.54, 1.807) is 6.07 Å². The van der Waals surface area contributed by atoms with E-state index in [1.165, 1.54) is 5.56 Å². The molecule has 2 nitrogen and oxygen atoms in total. The average Bonchev–Trinajstić information content (AvgIpc) is 2.41. The molecule has 0 fully saturated rings. The number of unbranched alkanes of at least 4 members (excludes halogenated alkanes) is 1. The lowest BCUT2D eigenvalue weighted by molar-refractivity contribution is 0.475. The molecular formula is C17H21NO. The van der Waals surface area contributed by atoms with Gasteiger partial charge < -0.3 is 10.0 Å². The Bertz CT molecular complexity index is 536. The zero-order valence-electron chi connectivity index (χ0n) is 11.6. The standard InChI is InChI=1S/C17H21NO/c1-3-4-12-18(15-9-7-8-14(2)13-15)16-10-5-6-11-17(16)19/h5-11,13,19H,3-4,12H2,1-2H3. The number of rotatable bonds is 5. The monoisotopic (exact) mass is 255 g/mol. The van der Waals surface area contributed by atoms with Gasteiger partial charge in [0.05, 0.1) is 5.69 Å². The number of phenolic OH excluding ortho intramolecular Hbond substituents is 1. The molecule has 0 spiro atoms. The van der Waals surface area contributed by atoms with Crippen LogP contribution in [0.4, 0.5) is 11.4 Å². The van der Waals surface area contributed by atoms with Crippen molar-refractivity contribution in [2.75, 3.05) is 11.4 Å². The molecule has 1 N–H and O–H groups in total. The summed E-state index contributed by atoms with van der Waals surface area (Å²) in [5, 5.41) is 10.1. The van der Waals surface area contributed by atoms with Crippen molar-refractivity contribution in [1.29, 1.82) is 0 Å². The minimum atomic E-state index is 0.333. The van der Waals surface area contributed by atoms with Crippen LogP contribution in [0.1, 0.15) is 25.3 Å². The molecule has 0 bridgehead atoms. The van der Waals surface area contributed by atoms with Crippen molar-refractivity contribution in [2.45, 2.75) is 26.7 Å². The van der Waals surface area contributed by atoms with Gasteiger partial charge in [-0.15, -0.1) is 0 Å². The molecule has 0 saturated carbocycles. The third-order valence-electron chi connectivity index (χ3n) is 3.22. The molecule has 0 unspecified atom stereocenters. The topological polar surface area (TPSA) is 23.5 Å². The molecule has 0 aliphatic carbocycles. The normalized spacial score (nSPS) is 10.4. The number of aromatic hydroxyl groups is 1. The van der Waals surface area contributed by atoms with E-state index < -0.39 is 0 Å². The van der Waals surface area contributed by atoms with Crippen molar-refractivity contribution in [3.8, 4) is 5.75 Å². The Labute approximate surface area is 115 Å². The van der Waals surface area contributed by atoms with Gasteiger partial charge in [-0.25, -0.2) is 0 Å². The maximum atomic E-state index is 10.1. The fourth-order valence-electron chi connectivity index (χ4n) is 2.19. The Morgan fingerprint density at radius 2 is 1.84 bits per heavy atom. The van der Waals surface area contributed by atoms with E-state index in [0.717, 1.165) is 30.8 Å². The summed E-state index contributed by atoms with van der Waals surface area (Å²) in [6.07, 6.45) is 2.23. The largest absolute Gasteiger partial charge is 0.506 e.